The Morgan fingerprint density at radius 3 is 2.54 bits per heavy atom. The van der Waals surface area contributed by atoms with Crippen molar-refractivity contribution in [2.45, 2.75) is 20.4 Å². The molecule has 0 saturated carbocycles. The van der Waals surface area contributed by atoms with Crippen LogP contribution in [0.1, 0.15) is 19.4 Å². The Morgan fingerprint density at radius 2 is 1.96 bits per heavy atom. The Hall–Kier alpha value is -1.13. The fraction of sp³-hybridized carbons (Fsp3) is 0.667. The first-order valence-electron chi connectivity index (χ1n) is 9.21. The zero-order valence-electron chi connectivity index (χ0n) is 16.2. The van der Waals surface area contributed by atoms with E-state index >= 15 is 0 Å². The van der Waals surface area contributed by atoms with Crippen molar-refractivity contribution in [2.24, 2.45) is 4.99 Å². The van der Waals surface area contributed by atoms with E-state index in [1.54, 1.807) is 7.05 Å². The minimum Gasteiger partial charge on any atom is -0.379 e. The van der Waals surface area contributed by atoms with Crippen LogP contribution in [0.5, 0.6) is 0 Å². The lowest BCUT2D eigenvalue weighted by atomic mass is 10.2. The molecule has 1 aliphatic rings. The molecule has 0 spiro atoms. The molecule has 148 valence electrons. The van der Waals surface area contributed by atoms with E-state index in [9.17, 15) is 0 Å². The van der Waals surface area contributed by atoms with Gasteiger partial charge in [0.15, 0.2) is 5.96 Å². The number of aliphatic imine (C=N–C) groups is 1. The highest BCUT2D eigenvalue weighted by atomic mass is 127. The van der Waals surface area contributed by atoms with Gasteiger partial charge in [0, 0.05) is 59.1 Å². The van der Waals surface area contributed by atoms with Crippen molar-refractivity contribution in [3.63, 3.8) is 0 Å². The third-order valence-electron chi connectivity index (χ3n) is 4.40. The van der Waals surface area contributed by atoms with E-state index in [1.165, 1.54) is 0 Å². The standard InChI is InChI=1S/C18H32N6O.HI/c1-4-24(5-2)17-7-6-16(14-21-17)15-22-18(19-3)20-8-9-23-10-12-25-13-11-23;/h6-7,14H,4-5,8-13,15H2,1-3H3,(H2,19,20,22);1H. The molecule has 0 atom stereocenters. The summed E-state index contributed by atoms with van der Waals surface area (Å²) in [5, 5.41) is 6.70. The summed E-state index contributed by atoms with van der Waals surface area (Å²) in [6, 6.07) is 4.20. The molecule has 1 fully saturated rings. The molecule has 0 aromatic carbocycles. The number of rotatable bonds is 8. The third kappa shape index (κ3) is 7.63. The Bertz CT molecular complexity index is 515. The van der Waals surface area contributed by atoms with Crippen molar-refractivity contribution in [2.75, 3.05) is 64.4 Å². The smallest absolute Gasteiger partial charge is 0.191 e. The van der Waals surface area contributed by atoms with E-state index in [0.29, 0.717) is 6.54 Å². The van der Waals surface area contributed by atoms with Crippen molar-refractivity contribution in [1.82, 2.24) is 20.5 Å². The van der Waals surface area contributed by atoms with E-state index in [0.717, 1.165) is 69.8 Å². The van der Waals surface area contributed by atoms with Crippen molar-refractivity contribution in [3.8, 4) is 0 Å². The van der Waals surface area contributed by atoms with Crippen LogP contribution in [0.15, 0.2) is 23.3 Å². The molecule has 1 aliphatic heterocycles. The monoisotopic (exact) mass is 476 g/mol. The molecule has 0 radical (unpaired) electrons. The second kappa shape index (κ2) is 13.1. The van der Waals surface area contributed by atoms with Crippen molar-refractivity contribution < 1.29 is 4.74 Å². The van der Waals surface area contributed by atoms with Gasteiger partial charge in [0.25, 0.3) is 0 Å². The second-order valence-corrected chi connectivity index (χ2v) is 6.00. The van der Waals surface area contributed by atoms with Crippen molar-refractivity contribution >= 4 is 35.8 Å². The van der Waals surface area contributed by atoms with Gasteiger partial charge in [-0.2, -0.15) is 0 Å². The van der Waals surface area contributed by atoms with Crippen LogP contribution in [0.2, 0.25) is 0 Å². The van der Waals surface area contributed by atoms with Gasteiger partial charge < -0.3 is 20.3 Å². The summed E-state index contributed by atoms with van der Waals surface area (Å²) in [5.41, 5.74) is 1.15. The number of aromatic nitrogens is 1. The van der Waals surface area contributed by atoms with Crippen molar-refractivity contribution in [3.05, 3.63) is 23.9 Å². The van der Waals surface area contributed by atoms with Crippen LogP contribution in [0.25, 0.3) is 0 Å². The topological polar surface area (TPSA) is 65.0 Å². The molecule has 1 saturated heterocycles. The van der Waals surface area contributed by atoms with Gasteiger partial charge in [-0.05, 0) is 25.5 Å². The van der Waals surface area contributed by atoms with Gasteiger partial charge in [-0.15, -0.1) is 24.0 Å². The number of guanidine groups is 1. The number of hydrogen-bond donors (Lipinski definition) is 2. The highest BCUT2D eigenvalue weighted by Crippen LogP contribution is 2.10. The van der Waals surface area contributed by atoms with Gasteiger partial charge in [0.1, 0.15) is 5.82 Å². The summed E-state index contributed by atoms with van der Waals surface area (Å²) in [4.78, 5) is 13.5. The number of morpholine rings is 1. The molecule has 8 heteroatoms. The number of anilines is 1. The molecule has 1 aromatic heterocycles. The average Bonchev–Trinajstić information content (AvgIpc) is 2.67. The van der Waals surface area contributed by atoms with Crippen LogP contribution >= 0.6 is 24.0 Å². The predicted molar refractivity (Wildman–Crippen MR) is 119 cm³/mol. The van der Waals surface area contributed by atoms with Crippen LogP contribution < -0.4 is 15.5 Å². The number of ether oxygens (including phenoxy) is 1. The van der Waals surface area contributed by atoms with Crippen molar-refractivity contribution in [1.29, 1.82) is 0 Å². The molecular weight excluding hydrogens is 443 g/mol. The largest absolute Gasteiger partial charge is 0.379 e. The molecule has 0 unspecified atom stereocenters. The first-order chi connectivity index (χ1) is 12.3. The van der Waals surface area contributed by atoms with E-state index in [4.69, 9.17) is 4.74 Å². The van der Waals surface area contributed by atoms with E-state index in [1.807, 2.05) is 6.20 Å². The summed E-state index contributed by atoms with van der Waals surface area (Å²) >= 11 is 0. The zero-order chi connectivity index (χ0) is 17.9. The summed E-state index contributed by atoms with van der Waals surface area (Å²) in [6.45, 7) is 12.5. The molecule has 0 amide bonds. The first-order valence-corrected chi connectivity index (χ1v) is 9.21. The lowest BCUT2D eigenvalue weighted by Gasteiger charge is -2.26. The molecule has 0 aliphatic carbocycles. The van der Waals surface area contributed by atoms with Crippen LogP contribution in [0.3, 0.4) is 0 Å². The lowest BCUT2D eigenvalue weighted by Crippen LogP contribution is -2.44. The Morgan fingerprint density at radius 1 is 1.23 bits per heavy atom. The number of nitrogens with zero attached hydrogens (tertiary/aromatic N) is 4. The maximum atomic E-state index is 5.37. The molecule has 7 nitrogen and oxygen atoms in total. The van der Waals surface area contributed by atoms with Crippen LogP contribution in [-0.4, -0.2) is 75.4 Å². The van der Waals surface area contributed by atoms with Gasteiger partial charge in [0.2, 0.25) is 0 Å². The van der Waals surface area contributed by atoms with Crippen LogP contribution in [-0.2, 0) is 11.3 Å². The number of halogens is 1. The Balaban J connectivity index is 0.00000338. The van der Waals surface area contributed by atoms with Gasteiger partial charge >= 0.3 is 0 Å². The highest BCUT2D eigenvalue weighted by molar-refractivity contribution is 14.0. The summed E-state index contributed by atoms with van der Waals surface area (Å²) in [5.74, 6) is 1.85. The fourth-order valence-corrected chi connectivity index (χ4v) is 2.82. The van der Waals surface area contributed by atoms with E-state index < -0.39 is 0 Å². The lowest BCUT2D eigenvalue weighted by molar-refractivity contribution is 0.0389. The van der Waals surface area contributed by atoms with Crippen LogP contribution in [0.4, 0.5) is 5.82 Å². The molecule has 1 aromatic rings. The normalized spacial score (nSPS) is 15.3. The summed E-state index contributed by atoms with van der Waals surface area (Å²) in [7, 11) is 1.80. The molecule has 2 heterocycles. The molecule has 2 N–H and O–H groups in total. The van der Waals surface area contributed by atoms with Gasteiger partial charge in [-0.25, -0.2) is 4.98 Å². The minimum atomic E-state index is 0. The summed E-state index contributed by atoms with van der Waals surface area (Å²) in [6.07, 6.45) is 1.93. The minimum absolute atomic E-state index is 0. The quantitative estimate of drug-likeness (QED) is 0.337. The summed E-state index contributed by atoms with van der Waals surface area (Å²) < 4.78 is 5.37. The highest BCUT2D eigenvalue weighted by Gasteiger charge is 2.09. The molecule has 2 rings (SSSR count). The maximum Gasteiger partial charge on any atom is 0.191 e. The first kappa shape index (κ1) is 22.9. The second-order valence-electron chi connectivity index (χ2n) is 6.00. The van der Waals surface area contributed by atoms with Gasteiger partial charge in [-0.1, -0.05) is 6.07 Å². The number of nitrogens with one attached hydrogen (secondary N) is 2. The number of hydrogen-bond acceptors (Lipinski definition) is 5. The number of pyridine rings is 1. The Kier molecular flexibility index (Phi) is 11.5. The maximum absolute atomic E-state index is 5.37. The SMILES string of the molecule is CCN(CC)c1ccc(CNC(=NC)NCCN2CCOCC2)cn1.I. The van der Waals surface area contributed by atoms with Gasteiger partial charge in [-0.3, -0.25) is 9.89 Å². The Labute approximate surface area is 174 Å². The average molecular weight is 476 g/mol. The van der Waals surface area contributed by atoms with Crippen LogP contribution in [0, 0.1) is 0 Å². The van der Waals surface area contributed by atoms with Gasteiger partial charge in [0.05, 0.1) is 13.2 Å². The fourth-order valence-electron chi connectivity index (χ4n) is 2.82. The third-order valence-corrected chi connectivity index (χ3v) is 4.40. The predicted octanol–water partition coefficient (Wildman–Crippen LogP) is 1.54. The molecule has 26 heavy (non-hydrogen) atoms. The zero-order valence-corrected chi connectivity index (χ0v) is 18.5. The van der Waals surface area contributed by atoms with E-state index in [-0.39, 0.29) is 24.0 Å². The molecule has 0 bridgehead atoms. The molecular formula is C18H33IN6O. The van der Waals surface area contributed by atoms with E-state index in [2.05, 4.69) is 56.4 Å².